The minimum Gasteiger partial charge on any atom is -0.317 e. The predicted molar refractivity (Wildman–Crippen MR) is 58.0 cm³/mol. The maximum atomic E-state index is 6.23. The van der Waals surface area contributed by atoms with Gasteiger partial charge in [0.2, 0.25) is 13.1 Å². The minimum absolute atomic E-state index is 0. The zero-order valence-corrected chi connectivity index (χ0v) is 9.17. The van der Waals surface area contributed by atoms with E-state index in [1.165, 1.54) is 0 Å². The van der Waals surface area contributed by atoms with Crippen LogP contribution in [0.25, 0.3) is 9.69 Å². The van der Waals surface area contributed by atoms with Crippen LogP contribution in [0.2, 0.25) is 0 Å². The van der Waals surface area contributed by atoms with Crippen LogP contribution < -0.4 is 0 Å². The summed E-state index contributed by atoms with van der Waals surface area (Å²) in [6.07, 6.45) is 1.98. The van der Waals surface area contributed by atoms with Gasteiger partial charge in [0, 0.05) is 12.8 Å². The highest BCUT2D eigenvalue weighted by atomic mass is 35.5. The molecule has 0 aliphatic heterocycles. The Labute approximate surface area is 87.8 Å². The minimum atomic E-state index is 0. The molecule has 0 aromatic heterocycles. The zero-order chi connectivity index (χ0) is 8.24. The lowest BCUT2D eigenvalue weighted by Gasteiger charge is -1.65. The Morgan fingerprint density at radius 2 is 1.08 bits per heavy atom. The van der Waals surface area contributed by atoms with Gasteiger partial charge in [-0.15, -0.1) is 24.8 Å². The van der Waals surface area contributed by atoms with Crippen LogP contribution in [0.5, 0.6) is 0 Å². The molecule has 0 amide bonds. The Kier molecular flexibility index (Phi) is 58.7. The van der Waals surface area contributed by atoms with E-state index >= 15 is 0 Å². The van der Waals surface area contributed by atoms with E-state index in [-0.39, 0.29) is 24.8 Å². The topological polar surface area (TPSA) is 8.72 Å². The molecule has 0 aliphatic carbocycles. The summed E-state index contributed by atoms with van der Waals surface area (Å²) in [6, 6.07) is 0. The van der Waals surface area contributed by atoms with E-state index in [9.17, 15) is 0 Å². The van der Waals surface area contributed by atoms with Crippen LogP contribution in [0.3, 0.4) is 0 Å². The molecule has 0 rings (SSSR count). The third-order valence-corrected chi connectivity index (χ3v) is 0.671. The van der Waals surface area contributed by atoms with Crippen molar-refractivity contribution in [1.82, 2.24) is 0 Å². The second kappa shape index (κ2) is 31.2. The van der Waals surface area contributed by atoms with Crippen LogP contribution in [0, 0.1) is 13.1 Å². The quantitative estimate of drug-likeness (QED) is 0.618. The average molecular weight is 211 g/mol. The molecule has 0 radical (unpaired) electrons. The van der Waals surface area contributed by atoms with Crippen molar-refractivity contribution in [2.75, 3.05) is 13.1 Å². The molecule has 0 spiro atoms. The molecule has 0 aliphatic rings. The van der Waals surface area contributed by atoms with Crippen LogP contribution in [-0.4, -0.2) is 13.1 Å². The number of nitrogens with zero attached hydrogens (tertiary/aromatic N) is 2. The number of halogens is 2. The monoisotopic (exact) mass is 210 g/mol. The zero-order valence-electron chi connectivity index (χ0n) is 7.54. The van der Waals surface area contributed by atoms with Gasteiger partial charge in [-0.05, 0) is 0 Å². The molecule has 72 valence electrons. The van der Waals surface area contributed by atoms with Crippen molar-refractivity contribution >= 4 is 24.8 Å². The number of hydrogen-bond donors (Lipinski definition) is 0. The lowest BCUT2D eigenvalue weighted by atomic mass is 10.5. The van der Waals surface area contributed by atoms with E-state index < -0.39 is 0 Å². The fourth-order valence-corrected chi connectivity index (χ4v) is 0.224. The Bertz CT molecular complexity index is 108. The summed E-state index contributed by atoms with van der Waals surface area (Å²) in [5, 5.41) is 0. The van der Waals surface area contributed by atoms with Gasteiger partial charge in [-0.2, -0.15) is 0 Å². The van der Waals surface area contributed by atoms with Crippen LogP contribution in [0.1, 0.15) is 26.7 Å². The SMILES string of the molecule is Cl.Cl.[C-]#[N+]CCC.[C-]#[N+]CCC. The largest absolute Gasteiger partial charge is 0.317 e. The fourth-order valence-electron chi connectivity index (χ4n) is 0.224. The van der Waals surface area contributed by atoms with E-state index in [4.69, 9.17) is 13.1 Å². The molecule has 0 N–H and O–H groups in total. The van der Waals surface area contributed by atoms with Crippen molar-refractivity contribution in [3.05, 3.63) is 22.8 Å². The molecule has 0 unspecified atom stereocenters. The first-order chi connectivity index (χ1) is 4.83. The first-order valence-corrected chi connectivity index (χ1v) is 3.49. The lowest BCUT2D eigenvalue weighted by molar-refractivity contribution is 1.03. The third-order valence-electron chi connectivity index (χ3n) is 0.671. The van der Waals surface area contributed by atoms with Gasteiger partial charge >= 0.3 is 0 Å². The predicted octanol–water partition coefficient (Wildman–Crippen LogP) is 3.47. The van der Waals surface area contributed by atoms with Crippen LogP contribution >= 0.6 is 24.8 Å². The molecule has 4 heteroatoms. The summed E-state index contributed by atoms with van der Waals surface area (Å²) in [5.41, 5.74) is 0. The molecule has 0 saturated heterocycles. The van der Waals surface area contributed by atoms with Crippen molar-refractivity contribution in [3.8, 4) is 0 Å². The molecule has 0 saturated carbocycles. The second-order valence-electron chi connectivity index (χ2n) is 1.76. The number of rotatable bonds is 2. The molecular weight excluding hydrogens is 195 g/mol. The number of hydrogen-bond acceptors (Lipinski definition) is 0. The lowest BCUT2D eigenvalue weighted by Crippen LogP contribution is -1.62. The average Bonchev–Trinajstić information content (AvgIpc) is 1.93. The van der Waals surface area contributed by atoms with E-state index in [0.717, 1.165) is 12.8 Å². The van der Waals surface area contributed by atoms with Crippen LogP contribution in [-0.2, 0) is 0 Å². The normalized spacial score (nSPS) is 5.33. The Balaban J connectivity index is -0.0000000457. The maximum absolute atomic E-state index is 6.23. The van der Waals surface area contributed by atoms with Crippen molar-refractivity contribution in [2.24, 2.45) is 0 Å². The second-order valence-corrected chi connectivity index (χ2v) is 1.76. The molecule has 12 heavy (non-hydrogen) atoms. The Hall–Kier alpha value is -0.440. The van der Waals surface area contributed by atoms with Crippen molar-refractivity contribution in [1.29, 1.82) is 0 Å². The molecule has 2 nitrogen and oxygen atoms in total. The van der Waals surface area contributed by atoms with Crippen molar-refractivity contribution < 1.29 is 0 Å². The van der Waals surface area contributed by atoms with E-state index in [2.05, 4.69) is 9.69 Å². The van der Waals surface area contributed by atoms with Crippen LogP contribution in [0.4, 0.5) is 0 Å². The van der Waals surface area contributed by atoms with Gasteiger partial charge in [-0.25, -0.2) is 13.1 Å². The molecule has 0 atom stereocenters. The molecular formula is C8H16Cl2N2. The highest BCUT2D eigenvalue weighted by Gasteiger charge is 1.69. The Morgan fingerprint density at radius 3 is 1.08 bits per heavy atom. The van der Waals surface area contributed by atoms with E-state index in [0.29, 0.717) is 13.1 Å². The van der Waals surface area contributed by atoms with Gasteiger partial charge in [-0.1, -0.05) is 13.8 Å². The molecule has 0 aromatic rings. The summed E-state index contributed by atoms with van der Waals surface area (Å²) >= 11 is 0. The van der Waals surface area contributed by atoms with Gasteiger partial charge in [0.15, 0.2) is 0 Å². The van der Waals surface area contributed by atoms with Gasteiger partial charge in [-0.3, -0.25) is 0 Å². The molecule has 0 bridgehead atoms. The summed E-state index contributed by atoms with van der Waals surface area (Å²) in [4.78, 5) is 6.21. The first kappa shape index (κ1) is 22.6. The summed E-state index contributed by atoms with van der Waals surface area (Å²) in [5.74, 6) is 0. The van der Waals surface area contributed by atoms with Gasteiger partial charge < -0.3 is 9.69 Å². The molecule has 0 heterocycles. The van der Waals surface area contributed by atoms with E-state index in [1.807, 2.05) is 13.8 Å². The van der Waals surface area contributed by atoms with Crippen LogP contribution in [0.15, 0.2) is 0 Å². The first-order valence-electron chi connectivity index (χ1n) is 3.49. The van der Waals surface area contributed by atoms with Crippen molar-refractivity contribution in [3.63, 3.8) is 0 Å². The fraction of sp³-hybridized carbons (Fsp3) is 0.750. The summed E-state index contributed by atoms with van der Waals surface area (Å²) in [7, 11) is 0. The molecule has 0 fully saturated rings. The molecule has 0 aromatic carbocycles. The van der Waals surface area contributed by atoms with Gasteiger partial charge in [0.05, 0.1) is 0 Å². The standard InChI is InChI=1S/2C4H7N.2ClH/c2*1-3-4-5-2;;/h2*3-4H2,1H3;2*1H. The smallest absolute Gasteiger partial charge is 0.214 e. The van der Waals surface area contributed by atoms with E-state index in [1.54, 1.807) is 0 Å². The highest BCUT2D eigenvalue weighted by molar-refractivity contribution is 5.85. The third kappa shape index (κ3) is 55.3. The Morgan fingerprint density at radius 1 is 0.833 bits per heavy atom. The summed E-state index contributed by atoms with van der Waals surface area (Å²) in [6.45, 7) is 17.8. The van der Waals surface area contributed by atoms with Gasteiger partial charge in [0.25, 0.3) is 0 Å². The van der Waals surface area contributed by atoms with Crippen molar-refractivity contribution in [2.45, 2.75) is 26.7 Å². The van der Waals surface area contributed by atoms with Gasteiger partial charge in [0.1, 0.15) is 0 Å². The summed E-state index contributed by atoms with van der Waals surface area (Å²) < 4.78 is 0. The maximum Gasteiger partial charge on any atom is 0.214 e. The highest BCUT2D eigenvalue weighted by Crippen LogP contribution is 1.71.